The monoisotopic (exact) mass is 461 g/mol. The van der Waals surface area contributed by atoms with E-state index in [4.69, 9.17) is 9.47 Å². The van der Waals surface area contributed by atoms with Crippen LogP contribution < -0.4 is 15.4 Å². The van der Waals surface area contributed by atoms with E-state index in [2.05, 4.69) is 25.6 Å². The molecule has 3 heterocycles. The molecule has 3 aromatic rings. The third-order valence-corrected chi connectivity index (χ3v) is 6.03. The number of aliphatic imine (C=N–C) groups is 1. The van der Waals surface area contributed by atoms with E-state index < -0.39 is 0 Å². The minimum absolute atomic E-state index is 0.0308. The first-order chi connectivity index (χ1) is 16.3. The molecule has 176 valence electrons. The molecule has 9 nitrogen and oxygen atoms in total. The van der Waals surface area contributed by atoms with Gasteiger partial charge in [0.05, 0.1) is 29.4 Å². The van der Waals surface area contributed by atoms with Gasteiger partial charge >= 0.3 is 0 Å². The Bertz CT molecular complexity index is 1340. The van der Waals surface area contributed by atoms with E-state index >= 15 is 0 Å². The Labute approximate surface area is 197 Å². The molecule has 2 aliphatic rings. The molecule has 1 aliphatic heterocycles. The lowest BCUT2D eigenvalue weighted by Gasteiger charge is -2.10. The second-order valence-corrected chi connectivity index (χ2v) is 9.27. The van der Waals surface area contributed by atoms with Crippen molar-refractivity contribution in [1.29, 1.82) is 0 Å². The first-order valence-corrected chi connectivity index (χ1v) is 11.3. The molecule has 1 aliphatic carbocycles. The number of hydrogen-bond acceptors (Lipinski definition) is 6. The maximum absolute atomic E-state index is 12.5. The zero-order chi connectivity index (χ0) is 24.0. The molecular weight excluding hydrogens is 434 g/mol. The van der Waals surface area contributed by atoms with Crippen LogP contribution in [-0.2, 0) is 9.53 Å². The number of methoxy groups -OCH3 is 1. The predicted molar refractivity (Wildman–Crippen MR) is 129 cm³/mol. The van der Waals surface area contributed by atoms with Crippen LogP contribution in [0.3, 0.4) is 0 Å². The molecule has 1 saturated carbocycles. The summed E-state index contributed by atoms with van der Waals surface area (Å²) >= 11 is 0. The fourth-order valence-electron chi connectivity index (χ4n) is 4.02. The van der Waals surface area contributed by atoms with Gasteiger partial charge in [-0.15, -0.1) is 0 Å². The number of aromatic amines is 1. The number of fused-ring (bicyclic) bond motifs is 1. The molecule has 9 heteroatoms. The highest BCUT2D eigenvalue weighted by Crippen LogP contribution is 2.37. The van der Waals surface area contributed by atoms with E-state index in [0.717, 1.165) is 29.7 Å². The summed E-state index contributed by atoms with van der Waals surface area (Å²) < 4.78 is 11.5. The van der Waals surface area contributed by atoms with Crippen LogP contribution in [0.25, 0.3) is 22.2 Å². The molecule has 5 rings (SSSR count). The molecule has 0 bridgehead atoms. The first kappa shape index (κ1) is 21.9. The van der Waals surface area contributed by atoms with Crippen LogP contribution in [0.2, 0.25) is 0 Å². The van der Waals surface area contributed by atoms with Gasteiger partial charge < -0.3 is 25.1 Å². The number of carbonyl (C=O) groups excluding carboxylic acids is 2. The highest BCUT2D eigenvalue weighted by atomic mass is 16.5. The van der Waals surface area contributed by atoms with E-state index in [1.807, 2.05) is 38.1 Å². The summed E-state index contributed by atoms with van der Waals surface area (Å²) in [6, 6.07) is 7.61. The summed E-state index contributed by atoms with van der Waals surface area (Å²) in [5.41, 5.74) is 3.09. The molecule has 1 aromatic carbocycles. The number of rotatable bonds is 6. The Morgan fingerprint density at radius 2 is 2.03 bits per heavy atom. The van der Waals surface area contributed by atoms with E-state index in [0.29, 0.717) is 40.5 Å². The lowest BCUT2D eigenvalue weighted by Crippen LogP contribution is -2.19. The average molecular weight is 462 g/mol. The van der Waals surface area contributed by atoms with Crippen LogP contribution in [0.4, 0.5) is 5.82 Å². The van der Waals surface area contributed by atoms with Gasteiger partial charge in [-0.1, -0.05) is 0 Å². The molecule has 0 saturated heterocycles. The van der Waals surface area contributed by atoms with Crippen molar-refractivity contribution in [3.8, 4) is 17.0 Å². The largest absolute Gasteiger partial charge is 0.496 e. The van der Waals surface area contributed by atoms with Gasteiger partial charge in [-0.05, 0) is 51.0 Å². The van der Waals surface area contributed by atoms with Crippen molar-refractivity contribution in [3.63, 3.8) is 0 Å². The van der Waals surface area contributed by atoms with E-state index in [1.165, 1.54) is 6.20 Å². The maximum atomic E-state index is 12.5. The third-order valence-electron chi connectivity index (χ3n) is 6.03. The smallest absolute Gasteiger partial charge is 0.253 e. The fraction of sp³-hybridized carbons (Fsp3) is 0.360. The Morgan fingerprint density at radius 3 is 2.68 bits per heavy atom. The van der Waals surface area contributed by atoms with Gasteiger partial charge in [-0.3, -0.25) is 9.59 Å². The summed E-state index contributed by atoms with van der Waals surface area (Å²) in [7, 11) is 3.17. The molecule has 2 aromatic heterocycles. The Kier molecular flexibility index (Phi) is 5.27. The van der Waals surface area contributed by atoms with Crippen LogP contribution in [0.1, 0.15) is 42.6 Å². The predicted octanol–water partition coefficient (Wildman–Crippen LogP) is 3.50. The van der Waals surface area contributed by atoms with Gasteiger partial charge in [0.2, 0.25) is 11.8 Å². The Balaban J connectivity index is 1.59. The zero-order valence-corrected chi connectivity index (χ0v) is 19.6. The SMILES string of the molecule is CNC(=O)c1cnc(NC(=O)C2CC2)c2[nH]c(-c3ccc(C4=NC(C)(C)CO4)cc3OC)cc12. The lowest BCUT2D eigenvalue weighted by atomic mass is 10.1. The average Bonchev–Trinajstić information content (AvgIpc) is 3.49. The molecular formula is C25H27N5O4. The summed E-state index contributed by atoms with van der Waals surface area (Å²) in [6.45, 7) is 4.57. The molecule has 0 radical (unpaired) electrons. The molecule has 3 N–H and O–H groups in total. The minimum Gasteiger partial charge on any atom is -0.496 e. The number of anilines is 1. The number of carbonyl (C=O) groups is 2. The van der Waals surface area contributed by atoms with Crippen molar-refractivity contribution < 1.29 is 19.1 Å². The van der Waals surface area contributed by atoms with Crippen molar-refractivity contribution in [2.24, 2.45) is 10.9 Å². The molecule has 0 spiro atoms. The van der Waals surface area contributed by atoms with Gasteiger partial charge in [-0.25, -0.2) is 9.98 Å². The molecule has 1 fully saturated rings. The maximum Gasteiger partial charge on any atom is 0.253 e. The summed E-state index contributed by atoms with van der Waals surface area (Å²) in [5.74, 6) is 1.32. The van der Waals surface area contributed by atoms with Gasteiger partial charge in [0.15, 0.2) is 5.82 Å². The number of aromatic nitrogens is 2. The number of pyridine rings is 1. The quantitative estimate of drug-likeness (QED) is 0.519. The number of amides is 2. The normalized spacial score (nSPS) is 16.6. The van der Waals surface area contributed by atoms with Gasteiger partial charge in [0, 0.05) is 35.7 Å². The van der Waals surface area contributed by atoms with Crippen LogP contribution in [-0.4, -0.2) is 54.0 Å². The number of hydrogen-bond donors (Lipinski definition) is 3. The van der Waals surface area contributed by atoms with Gasteiger partial charge in [-0.2, -0.15) is 0 Å². The third kappa shape index (κ3) is 3.98. The first-order valence-electron chi connectivity index (χ1n) is 11.3. The van der Waals surface area contributed by atoms with Crippen LogP contribution >= 0.6 is 0 Å². The van der Waals surface area contributed by atoms with E-state index in [1.54, 1.807) is 14.2 Å². The van der Waals surface area contributed by atoms with Gasteiger partial charge in [0.1, 0.15) is 12.4 Å². The summed E-state index contributed by atoms with van der Waals surface area (Å²) in [4.78, 5) is 37.2. The van der Waals surface area contributed by atoms with Crippen molar-refractivity contribution in [2.75, 3.05) is 26.1 Å². The van der Waals surface area contributed by atoms with Crippen molar-refractivity contribution in [1.82, 2.24) is 15.3 Å². The van der Waals surface area contributed by atoms with Gasteiger partial charge in [0.25, 0.3) is 5.91 Å². The number of nitrogens with zero attached hydrogens (tertiary/aromatic N) is 2. The second-order valence-electron chi connectivity index (χ2n) is 9.27. The molecule has 2 amide bonds. The summed E-state index contributed by atoms with van der Waals surface area (Å²) in [5, 5.41) is 6.21. The number of H-pyrrole nitrogens is 1. The minimum atomic E-state index is -0.261. The van der Waals surface area contributed by atoms with Crippen LogP contribution in [0, 0.1) is 5.92 Å². The second kappa shape index (κ2) is 8.16. The highest BCUT2D eigenvalue weighted by Gasteiger charge is 2.31. The highest BCUT2D eigenvalue weighted by molar-refractivity contribution is 6.11. The number of ether oxygens (including phenoxy) is 2. The lowest BCUT2D eigenvalue weighted by molar-refractivity contribution is -0.117. The topological polar surface area (TPSA) is 118 Å². The Hall–Kier alpha value is -3.88. The van der Waals surface area contributed by atoms with Crippen LogP contribution in [0.15, 0.2) is 35.5 Å². The summed E-state index contributed by atoms with van der Waals surface area (Å²) in [6.07, 6.45) is 3.26. The standard InChI is InChI=1S/C25H27N5O4/c1-25(2)12-34-24(30-25)14-7-8-15(19(9-14)33-4)18-10-16-17(23(32)26-3)11-27-21(20(16)28-18)29-22(31)13-5-6-13/h7-11,13,28H,5-6,12H2,1-4H3,(H,26,32)(H,27,29,31). The van der Waals surface area contributed by atoms with E-state index in [-0.39, 0.29) is 23.3 Å². The van der Waals surface area contributed by atoms with Crippen molar-refractivity contribution in [3.05, 3.63) is 41.6 Å². The number of benzene rings is 1. The zero-order valence-electron chi connectivity index (χ0n) is 19.6. The van der Waals surface area contributed by atoms with E-state index in [9.17, 15) is 9.59 Å². The molecule has 0 atom stereocenters. The fourth-order valence-corrected chi connectivity index (χ4v) is 4.02. The molecule has 34 heavy (non-hydrogen) atoms. The number of nitrogens with one attached hydrogen (secondary N) is 3. The van der Waals surface area contributed by atoms with Crippen LogP contribution in [0.5, 0.6) is 5.75 Å². The van der Waals surface area contributed by atoms with Crippen molar-refractivity contribution >= 4 is 34.4 Å². The van der Waals surface area contributed by atoms with Crippen molar-refractivity contribution in [2.45, 2.75) is 32.2 Å². The molecule has 0 unspecified atom stereocenters. The Morgan fingerprint density at radius 1 is 1.24 bits per heavy atom.